The summed E-state index contributed by atoms with van der Waals surface area (Å²) in [6, 6.07) is 13.0. The Morgan fingerprint density at radius 2 is 1.65 bits per heavy atom. The molecule has 2 aliphatic rings. The highest BCUT2D eigenvalue weighted by molar-refractivity contribution is 7.19. The average Bonchev–Trinajstić information content (AvgIpc) is 3.04. The van der Waals surface area contributed by atoms with Gasteiger partial charge in [0.25, 0.3) is 0 Å². The minimum absolute atomic E-state index is 0.0774. The lowest BCUT2D eigenvalue weighted by atomic mass is 9.85. The molecule has 1 N–H and O–H groups in total. The lowest BCUT2D eigenvalue weighted by Crippen LogP contribution is -2.29. The predicted molar refractivity (Wildman–Crippen MR) is 140 cm³/mol. The summed E-state index contributed by atoms with van der Waals surface area (Å²) in [5.74, 6) is 1.59. The topological polar surface area (TPSA) is 49.8 Å². The first-order valence-corrected chi connectivity index (χ1v) is 13.8. The minimum Gasteiger partial charge on any atom is -0.508 e. The zero-order chi connectivity index (χ0) is 23.3. The molecular formula is C29H35NO3S. The summed E-state index contributed by atoms with van der Waals surface area (Å²) in [6.45, 7) is 3.98. The van der Waals surface area contributed by atoms with E-state index in [9.17, 15) is 9.90 Å². The van der Waals surface area contributed by atoms with Crippen molar-refractivity contribution in [2.75, 3.05) is 26.2 Å². The fraction of sp³-hybridized carbons (Fsp3) is 0.483. The van der Waals surface area contributed by atoms with Crippen LogP contribution in [-0.2, 0) is 0 Å². The van der Waals surface area contributed by atoms with Gasteiger partial charge in [0.2, 0.25) is 0 Å². The van der Waals surface area contributed by atoms with E-state index in [1.807, 2.05) is 30.3 Å². The molecule has 3 aromatic rings. The van der Waals surface area contributed by atoms with Gasteiger partial charge in [0.05, 0.1) is 0 Å². The van der Waals surface area contributed by atoms with Crippen molar-refractivity contribution < 1.29 is 14.6 Å². The van der Waals surface area contributed by atoms with Crippen LogP contribution in [0.1, 0.15) is 84.5 Å². The van der Waals surface area contributed by atoms with E-state index in [1.54, 1.807) is 23.5 Å². The Bertz CT molecular complexity index is 1110. The highest BCUT2D eigenvalue weighted by Crippen LogP contribution is 2.44. The zero-order valence-corrected chi connectivity index (χ0v) is 20.7. The molecule has 1 aliphatic heterocycles. The van der Waals surface area contributed by atoms with Gasteiger partial charge in [-0.3, -0.25) is 9.69 Å². The number of ether oxygens (including phenoxy) is 1. The van der Waals surface area contributed by atoms with Gasteiger partial charge in [-0.05, 0) is 87.2 Å². The lowest BCUT2D eigenvalue weighted by molar-refractivity contribution is 0.103. The van der Waals surface area contributed by atoms with Gasteiger partial charge in [-0.2, -0.15) is 0 Å². The maximum Gasteiger partial charge on any atom is 0.194 e. The molecule has 2 heterocycles. The summed E-state index contributed by atoms with van der Waals surface area (Å²) in [5, 5.41) is 11.0. The molecule has 1 saturated carbocycles. The molecule has 2 fully saturated rings. The average molecular weight is 478 g/mol. The van der Waals surface area contributed by atoms with E-state index in [1.165, 1.54) is 62.9 Å². The van der Waals surface area contributed by atoms with Crippen LogP contribution in [0.25, 0.3) is 10.1 Å². The molecule has 0 bridgehead atoms. The van der Waals surface area contributed by atoms with Crippen molar-refractivity contribution in [1.82, 2.24) is 4.90 Å². The van der Waals surface area contributed by atoms with Gasteiger partial charge in [0.15, 0.2) is 5.78 Å². The number of carbonyl (C=O) groups is 1. The van der Waals surface area contributed by atoms with Gasteiger partial charge in [0, 0.05) is 32.6 Å². The fourth-order valence-electron chi connectivity index (χ4n) is 5.49. The van der Waals surface area contributed by atoms with Crippen molar-refractivity contribution in [2.45, 2.75) is 63.7 Å². The highest BCUT2D eigenvalue weighted by Gasteiger charge is 2.27. The van der Waals surface area contributed by atoms with Crippen LogP contribution in [0.15, 0.2) is 42.5 Å². The number of rotatable bonds is 7. The van der Waals surface area contributed by atoms with Gasteiger partial charge >= 0.3 is 0 Å². The number of hydrogen-bond donors (Lipinski definition) is 1. The van der Waals surface area contributed by atoms with E-state index in [4.69, 9.17) is 4.74 Å². The standard InChI is InChI=1S/C29H35NO3S/c31-23-12-15-25-26(20-23)34-29(22-8-4-3-5-9-22)27(25)28(32)21-10-13-24(14-11-21)33-19-18-30-16-6-1-2-7-17-30/h10-15,20,22,31H,1-9,16-19H2. The van der Waals surface area contributed by atoms with E-state index < -0.39 is 0 Å². The molecule has 34 heavy (non-hydrogen) atoms. The van der Waals surface area contributed by atoms with Crippen LogP contribution in [0.2, 0.25) is 0 Å². The van der Waals surface area contributed by atoms with E-state index in [0.717, 1.165) is 40.8 Å². The maximum absolute atomic E-state index is 13.7. The molecule has 0 unspecified atom stereocenters. The summed E-state index contributed by atoms with van der Waals surface area (Å²) >= 11 is 1.69. The summed E-state index contributed by atoms with van der Waals surface area (Å²) in [4.78, 5) is 17.4. The lowest BCUT2D eigenvalue weighted by Gasteiger charge is -2.21. The second-order valence-electron chi connectivity index (χ2n) is 9.81. The quantitative estimate of drug-likeness (QED) is 0.367. The Labute approximate surface area is 206 Å². The van der Waals surface area contributed by atoms with Crippen molar-refractivity contribution in [3.63, 3.8) is 0 Å². The monoisotopic (exact) mass is 477 g/mol. The molecule has 1 aliphatic carbocycles. The zero-order valence-electron chi connectivity index (χ0n) is 19.9. The summed E-state index contributed by atoms with van der Waals surface area (Å²) in [7, 11) is 0. The third-order valence-corrected chi connectivity index (χ3v) is 8.71. The molecule has 1 aromatic heterocycles. The number of ketones is 1. The number of carbonyl (C=O) groups excluding carboxylic acids is 1. The van der Waals surface area contributed by atoms with Crippen LogP contribution in [0.5, 0.6) is 11.5 Å². The van der Waals surface area contributed by atoms with Crippen LogP contribution in [0.4, 0.5) is 0 Å². The van der Waals surface area contributed by atoms with Gasteiger partial charge in [-0.25, -0.2) is 0 Å². The van der Waals surface area contributed by atoms with Gasteiger partial charge in [-0.15, -0.1) is 11.3 Å². The van der Waals surface area contributed by atoms with Crippen molar-refractivity contribution in [3.05, 3.63) is 58.5 Å². The Balaban J connectivity index is 1.32. The van der Waals surface area contributed by atoms with Gasteiger partial charge in [0.1, 0.15) is 18.1 Å². The van der Waals surface area contributed by atoms with Crippen molar-refractivity contribution >= 4 is 27.2 Å². The summed E-state index contributed by atoms with van der Waals surface area (Å²) in [5.41, 5.74) is 1.53. The van der Waals surface area contributed by atoms with Gasteiger partial charge in [-0.1, -0.05) is 32.1 Å². The third kappa shape index (κ3) is 5.31. The van der Waals surface area contributed by atoms with Crippen LogP contribution in [0.3, 0.4) is 0 Å². The van der Waals surface area contributed by atoms with Crippen LogP contribution >= 0.6 is 11.3 Å². The van der Waals surface area contributed by atoms with Gasteiger partial charge < -0.3 is 9.84 Å². The number of thiophene rings is 1. The molecule has 0 atom stereocenters. The first kappa shape index (κ1) is 23.4. The van der Waals surface area contributed by atoms with Crippen LogP contribution in [-0.4, -0.2) is 42.0 Å². The van der Waals surface area contributed by atoms with E-state index in [2.05, 4.69) is 4.90 Å². The first-order valence-electron chi connectivity index (χ1n) is 12.9. The smallest absolute Gasteiger partial charge is 0.194 e. The minimum atomic E-state index is 0.0774. The maximum atomic E-state index is 13.7. The molecule has 4 nitrogen and oxygen atoms in total. The van der Waals surface area contributed by atoms with Crippen LogP contribution < -0.4 is 4.74 Å². The number of likely N-dealkylation sites (tertiary alicyclic amines) is 1. The highest BCUT2D eigenvalue weighted by atomic mass is 32.1. The normalized spacial score (nSPS) is 18.1. The molecule has 180 valence electrons. The fourth-order valence-corrected chi connectivity index (χ4v) is 6.89. The third-order valence-electron chi connectivity index (χ3n) is 7.40. The second-order valence-corrected chi connectivity index (χ2v) is 10.9. The van der Waals surface area contributed by atoms with Crippen molar-refractivity contribution in [3.8, 4) is 11.5 Å². The number of benzene rings is 2. The SMILES string of the molecule is O=C(c1ccc(OCCN2CCCCCC2)cc1)c1c(C2CCCCC2)sc2cc(O)ccc12. The Morgan fingerprint density at radius 1 is 0.941 bits per heavy atom. The van der Waals surface area contributed by atoms with E-state index >= 15 is 0 Å². The first-order chi connectivity index (χ1) is 16.7. The number of phenols is 1. The Hall–Kier alpha value is -2.37. The largest absolute Gasteiger partial charge is 0.508 e. The Kier molecular flexibility index (Phi) is 7.51. The summed E-state index contributed by atoms with van der Waals surface area (Å²) < 4.78 is 7.00. The molecule has 0 spiro atoms. The molecule has 0 radical (unpaired) electrons. The number of nitrogens with zero attached hydrogens (tertiary/aromatic N) is 1. The van der Waals surface area contributed by atoms with E-state index in [-0.39, 0.29) is 11.5 Å². The predicted octanol–water partition coefficient (Wildman–Crippen LogP) is 7.14. The number of aromatic hydroxyl groups is 1. The van der Waals surface area contributed by atoms with Crippen molar-refractivity contribution in [1.29, 1.82) is 0 Å². The van der Waals surface area contributed by atoms with Crippen LogP contribution in [0, 0.1) is 0 Å². The molecule has 1 saturated heterocycles. The molecular weight excluding hydrogens is 442 g/mol. The summed E-state index contributed by atoms with van der Waals surface area (Å²) in [6.07, 6.45) is 11.3. The van der Waals surface area contributed by atoms with E-state index in [0.29, 0.717) is 18.1 Å². The Morgan fingerprint density at radius 3 is 2.38 bits per heavy atom. The number of hydrogen-bond acceptors (Lipinski definition) is 5. The van der Waals surface area contributed by atoms with Crippen molar-refractivity contribution in [2.24, 2.45) is 0 Å². The second kappa shape index (κ2) is 10.9. The molecule has 2 aromatic carbocycles. The molecule has 0 amide bonds. The molecule has 5 heteroatoms. The number of fused-ring (bicyclic) bond motifs is 1. The molecule has 5 rings (SSSR count). The number of phenolic OH excluding ortho intramolecular Hbond substituents is 1.